The molecule has 0 spiro atoms. The van der Waals surface area contributed by atoms with E-state index in [-0.39, 0.29) is 0 Å². The number of benzene rings is 1. The lowest BCUT2D eigenvalue weighted by atomic mass is 10.1. The Hall–Kier alpha value is -1.71. The van der Waals surface area contributed by atoms with Gasteiger partial charge in [0.2, 0.25) is 0 Å². The normalized spacial score (nSPS) is 11.5. The fraction of sp³-hybridized carbons (Fsp3) is 0.533. The predicted octanol–water partition coefficient (Wildman–Crippen LogP) is 2.20. The van der Waals surface area contributed by atoms with E-state index in [1.165, 1.54) is 5.56 Å². The van der Waals surface area contributed by atoms with Gasteiger partial charge in [-0.1, -0.05) is 12.1 Å². The molecule has 0 fully saturated rings. The molecule has 0 aliphatic heterocycles. The minimum absolute atomic E-state index is 0.396. The molecule has 0 saturated carbocycles. The summed E-state index contributed by atoms with van der Waals surface area (Å²) in [4.78, 5) is 4.17. The Morgan fingerprint density at radius 3 is 2.47 bits per heavy atom. The average Bonchev–Trinajstić information content (AvgIpc) is 2.42. The van der Waals surface area contributed by atoms with Crippen LogP contribution >= 0.6 is 0 Å². The lowest BCUT2D eigenvalue weighted by Gasteiger charge is -2.14. The number of aliphatic imine (C=N–C) groups is 1. The second-order valence-corrected chi connectivity index (χ2v) is 4.75. The van der Waals surface area contributed by atoms with Gasteiger partial charge in [0.15, 0.2) is 5.96 Å². The third-order valence-corrected chi connectivity index (χ3v) is 2.74. The van der Waals surface area contributed by atoms with Crippen molar-refractivity contribution in [2.45, 2.75) is 32.7 Å². The standard InChI is InChI=1S/C15H25N3O/c1-12(2)18-15(16-3)17-11-5-6-13-7-9-14(19-4)10-8-13/h7-10,12H,5-6,11H2,1-4H3,(H2,16,17,18). The van der Waals surface area contributed by atoms with Gasteiger partial charge in [-0.2, -0.15) is 0 Å². The van der Waals surface area contributed by atoms with Crippen molar-refractivity contribution in [2.24, 2.45) is 4.99 Å². The minimum atomic E-state index is 0.396. The molecule has 1 aromatic carbocycles. The van der Waals surface area contributed by atoms with E-state index in [0.29, 0.717) is 6.04 Å². The summed E-state index contributed by atoms with van der Waals surface area (Å²) >= 11 is 0. The first kappa shape index (κ1) is 15.3. The first-order chi connectivity index (χ1) is 9.15. The highest BCUT2D eigenvalue weighted by molar-refractivity contribution is 5.79. The Balaban J connectivity index is 2.26. The fourth-order valence-electron chi connectivity index (χ4n) is 1.76. The molecule has 4 nitrogen and oxygen atoms in total. The van der Waals surface area contributed by atoms with Gasteiger partial charge < -0.3 is 15.4 Å². The van der Waals surface area contributed by atoms with Crippen LogP contribution in [0.3, 0.4) is 0 Å². The zero-order valence-corrected chi connectivity index (χ0v) is 12.4. The van der Waals surface area contributed by atoms with Crippen LogP contribution in [0, 0.1) is 0 Å². The van der Waals surface area contributed by atoms with Gasteiger partial charge in [0.1, 0.15) is 5.75 Å². The van der Waals surface area contributed by atoms with Gasteiger partial charge in [-0.25, -0.2) is 0 Å². The van der Waals surface area contributed by atoms with Crippen molar-refractivity contribution in [3.8, 4) is 5.75 Å². The number of hydrogen-bond acceptors (Lipinski definition) is 2. The van der Waals surface area contributed by atoms with Gasteiger partial charge in [0.25, 0.3) is 0 Å². The van der Waals surface area contributed by atoms with E-state index in [1.807, 2.05) is 12.1 Å². The van der Waals surface area contributed by atoms with Crippen LogP contribution < -0.4 is 15.4 Å². The summed E-state index contributed by atoms with van der Waals surface area (Å²) in [6.45, 7) is 5.12. The molecule has 0 aliphatic rings. The molecule has 19 heavy (non-hydrogen) atoms. The van der Waals surface area contributed by atoms with Gasteiger partial charge in [0, 0.05) is 19.6 Å². The first-order valence-corrected chi connectivity index (χ1v) is 6.76. The Labute approximate surface area is 116 Å². The molecule has 1 aromatic rings. The van der Waals surface area contributed by atoms with Crippen LogP contribution in [0.4, 0.5) is 0 Å². The summed E-state index contributed by atoms with van der Waals surface area (Å²) in [6, 6.07) is 8.62. The van der Waals surface area contributed by atoms with E-state index >= 15 is 0 Å². The summed E-state index contributed by atoms with van der Waals surface area (Å²) in [5.74, 6) is 1.77. The van der Waals surface area contributed by atoms with Crippen molar-refractivity contribution in [1.29, 1.82) is 0 Å². The van der Waals surface area contributed by atoms with Crippen molar-refractivity contribution in [2.75, 3.05) is 20.7 Å². The highest BCUT2D eigenvalue weighted by Crippen LogP contribution is 2.12. The second kappa shape index (κ2) is 8.40. The second-order valence-electron chi connectivity index (χ2n) is 4.75. The van der Waals surface area contributed by atoms with Crippen LogP contribution in [0.1, 0.15) is 25.8 Å². The molecule has 106 valence electrons. The number of hydrogen-bond donors (Lipinski definition) is 2. The van der Waals surface area contributed by atoms with Crippen molar-refractivity contribution >= 4 is 5.96 Å². The molecular weight excluding hydrogens is 238 g/mol. The van der Waals surface area contributed by atoms with Crippen molar-refractivity contribution in [3.63, 3.8) is 0 Å². The molecule has 0 aromatic heterocycles. The Bertz CT molecular complexity index is 385. The highest BCUT2D eigenvalue weighted by atomic mass is 16.5. The highest BCUT2D eigenvalue weighted by Gasteiger charge is 1.99. The van der Waals surface area contributed by atoms with Gasteiger partial charge in [-0.15, -0.1) is 0 Å². The number of guanidine groups is 1. The Morgan fingerprint density at radius 1 is 1.26 bits per heavy atom. The molecule has 0 amide bonds. The van der Waals surface area contributed by atoms with E-state index in [4.69, 9.17) is 4.74 Å². The maximum atomic E-state index is 5.14. The number of rotatable bonds is 6. The lowest BCUT2D eigenvalue weighted by molar-refractivity contribution is 0.414. The molecule has 0 unspecified atom stereocenters. The van der Waals surface area contributed by atoms with Crippen molar-refractivity contribution in [1.82, 2.24) is 10.6 Å². The van der Waals surface area contributed by atoms with E-state index < -0.39 is 0 Å². The topological polar surface area (TPSA) is 45.7 Å². The summed E-state index contributed by atoms with van der Waals surface area (Å²) in [5, 5.41) is 6.57. The molecule has 0 saturated heterocycles. The summed E-state index contributed by atoms with van der Waals surface area (Å²) < 4.78 is 5.14. The first-order valence-electron chi connectivity index (χ1n) is 6.76. The summed E-state index contributed by atoms with van der Waals surface area (Å²) in [5.41, 5.74) is 1.33. The lowest BCUT2D eigenvalue weighted by Crippen LogP contribution is -2.41. The quantitative estimate of drug-likeness (QED) is 0.470. The van der Waals surface area contributed by atoms with Crippen LogP contribution in [-0.4, -0.2) is 32.7 Å². The minimum Gasteiger partial charge on any atom is -0.497 e. The van der Waals surface area contributed by atoms with Gasteiger partial charge in [-0.05, 0) is 44.4 Å². The predicted molar refractivity (Wildman–Crippen MR) is 80.9 cm³/mol. The number of methoxy groups -OCH3 is 1. The monoisotopic (exact) mass is 263 g/mol. The molecule has 0 bridgehead atoms. The van der Waals surface area contributed by atoms with Crippen LogP contribution in [0.25, 0.3) is 0 Å². The van der Waals surface area contributed by atoms with Gasteiger partial charge in [0.05, 0.1) is 7.11 Å². The zero-order chi connectivity index (χ0) is 14.1. The average molecular weight is 263 g/mol. The molecule has 4 heteroatoms. The fourth-order valence-corrected chi connectivity index (χ4v) is 1.76. The summed E-state index contributed by atoms with van der Waals surface area (Å²) in [7, 11) is 3.48. The van der Waals surface area contributed by atoms with E-state index in [2.05, 4.69) is 41.6 Å². The van der Waals surface area contributed by atoms with E-state index in [9.17, 15) is 0 Å². The van der Waals surface area contributed by atoms with Crippen LogP contribution in [0.5, 0.6) is 5.75 Å². The smallest absolute Gasteiger partial charge is 0.191 e. The molecule has 0 atom stereocenters. The number of ether oxygens (including phenoxy) is 1. The maximum Gasteiger partial charge on any atom is 0.191 e. The molecule has 0 heterocycles. The third-order valence-electron chi connectivity index (χ3n) is 2.74. The van der Waals surface area contributed by atoms with Crippen LogP contribution in [-0.2, 0) is 6.42 Å². The van der Waals surface area contributed by atoms with Gasteiger partial charge >= 0.3 is 0 Å². The molecule has 0 aliphatic carbocycles. The molecular formula is C15H25N3O. The van der Waals surface area contributed by atoms with Crippen LogP contribution in [0.15, 0.2) is 29.3 Å². The molecule has 2 N–H and O–H groups in total. The maximum absolute atomic E-state index is 5.14. The van der Waals surface area contributed by atoms with E-state index in [1.54, 1.807) is 14.2 Å². The third kappa shape index (κ3) is 6.13. The number of aryl methyl sites for hydroxylation is 1. The number of nitrogens with zero attached hydrogens (tertiary/aromatic N) is 1. The van der Waals surface area contributed by atoms with E-state index in [0.717, 1.165) is 31.1 Å². The zero-order valence-electron chi connectivity index (χ0n) is 12.4. The largest absolute Gasteiger partial charge is 0.497 e. The van der Waals surface area contributed by atoms with Crippen molar-refractivity contribution in [3.05, 3.63) is 29.8 Å². The van der Waals surface area contributed by atoms with Crippen molar-refractivity contribution < 1.29 is 4.74 Å². The molecule has 1 rings (SSSR count). The summed E-state index contributed by atoms with van der Waals surface area (Å²) in [6.07, 6.45) is 2.13. The number of nitrogens with one attached hydrogen (secondary N) is 2. The Kier molecular flexibility index (Phi) is 6.79. The Morgan fingerprint density at radius 2 is 1.95 bits per heavy atom. The van der Waals surface area contributed by atoms with Gasteiger partial charge in [-0.3, -0.25) is 4.99 Å². The SMILES string of the molecule is CN=C(NCCCc1ccc(OC)cc1)NC(C)C. The molecule has 0 radical (unpaired) electrons. The van der Waals surface area contributed by atoms with Crippen LogP contribution in [0.2, 0.25) is 0 Å².